The molecule has 0 aliphatic carbocycles. The molecule has 0 spiro atoms. The molecule has 3 aromatic heterocycles. The molecule has 1 aliphatic rings. The molecule has 1 atom stereocenters. The molecule has 42 heavy (non-hydrogen) atoms. The van der Waals surface area contributed by atoms with Gasteiger partial charge >= 0.3 is 5.97 Å². The minimum absolute atomic E-state index is 0.0149. The van der Waals surface area contributed by atoms with E-state index in [0.717, 1.165) is 22.2 Å². The highest BCUT2D eigenvalue weighted by atomic mass is 32.2. The largest absolute Gasteiger partial charge is 0.481 e. The molecule has 0 bridgehead atoms. The van der Waals surface area contributed by atoms with Crippen molar-refractivity contribution in [3.8, 4) is 5.88 Å². The minimum atomic E-state index is -4.01. The first kappa shape index (κ1) is 29.5. The molecule has 1 N–H and O–H groups in total. The Morgan fingerprint density at radius 2 is 1.95 bits per heavy atom. The Kier molecular flexibility index (Phi) is 8.80. The Hall–Kier alpha value is -3.94. The second-order valence-electron chi connectivity index (χ2n) is 10.2. The summed E-state index contributed by atoms with van der Waals surface area (Å²) in [5, 5.41) is 18.4. The van der Waals surface area contributed by atoms with Crippen LogP contribution in [0.1, 0.15) is 53.8 Å². The molecule has 0 radical (unpaired) electrons. The van der Waals surface area contributed by atoms with Crippen molar-refractivity contribution < 1.29 is 27.8 Å². The smallest absolute Gasteiger partial charge is 0.304 e. The van der Waals surface area contributed by atoms with Crippen molar-refractivity contribution in [2.24, 2.45) is 0 Å². The number of hydrogen-bond donors (Lipinski definition) is 1. The van der Waals surface area contributed by atoms with Crippen LogP contribution in [0.25, 0.3) is 11.0 Å². The van der Waals surface area contributed by atoms with Crippen molar-refractivity contribution in [3.05, 3.63) is 70.7 Å². The highest BCUT2D eigenvalue weighted by molar-refractivity contribution is 7.89. The van der Waals surface area contributed by atoms with E-state index in [0.29, 0.717) is 43.1 Å². The SMILES string of the molecule is CCn1nnc2c(C)c([C@H](CC(=O)O)c3ccc(C)c(CN4CCCOCCOc5ncccc5S4(=O)=O)n3)ccc21. The highest BCUT2D eigenvalue weighted by Gasteiger charge is 2.30. The van der Waals surface area contributed by atoms with Gasteiger partial charge in [-0.05, 0) is 68.1 Å². The van der Waals surface area contributed by atoms with Gasteiger partial charge in [-0.2, -0.15) is 4.31 Å². The lowest BCUT2D eigenvalue weighted by Gasteiger charge is -2.24. The molecule has 13 heteroatoms. The lowest BCUT2D eigenvalue weighted by molar-refractivity contribution is -0.137. The number of aromatic nitrogens is 5. The monoisotopic (exact) mass is 594 g/mol. The van der Waals surface area contributed by atoms with Crippen LogP contribution in [0, 0.1) is 13.8 Å². The summed E-state index contributed by atoms with van der Waals surface area (Å²) >= 11 is 0. The van der Waals surface area contributed by atoms with Crippen molar-refractivity contribution in [2.75, 3.05) is 26.4 Å². The van der Waals surface area contributed by atoms with Gasteiger partial charge < -0.3 is 14.6 Å². The number of benzene rings is 1. The molecule has 12 nitrogen and oxygen atoms in total. The molecular formula is C29H34N6O6S. The van der Waals surface area contributed by atoms with Gasteiger partial charge in [-0.25, -0.2) is 18.1 Å². The average molecular weight is 595 g/mol. The third-order valence-corrected chi connectivity index (χ3v) is 9.32. The van der Waals surface area contributed by atoms with Gasteiger partial charge in [0.1, 0.15) is 17.0 Å². The van der Waals surface area contributed by atoms with Crippen LogP contribution >= 0.6 is 0 Å². The zero-order valence-electron chi connectivity index (χ0n) is 23.9. The summed E-state index contributed by atoms with van der Waals surface area (Å²) in [4.78, 5) is 21.0. The number of aliphatic carboxylic acids is 1. The predicted octanol–water partition coefficient (Wildman–Crippen LogP) is 3.45. The molecule has 1 aromatic carbocycles. The fraction of sp³-hybridized carbons (Fsp3) is 0.414. The van der Waals surface area contributed by atoms with Gasteiger partial charge in [0.05, 0.1) is 30.8 Å². The van der Waals surface area contributed by atoms with E-state index in [4.69, 9.17) is 14.5 Å². The zero-order chi connectivity index (χ0) is 29.9. The number of ether oxygens (including phenoxy) is 2. The first-order valence-electron chi connectivity index (χ1n) is 13.9. The number of nitrogens with zero attached hydrogens (tertiary/aromatic N) is 6. The summed E-state index contributed by atoms with van der Waals surface area (Å²) in [6.07, 6.45) is 1.77. The van der Waals surface area contributed by atoms with Gasteiger partial charge in [0.15, 0.2) is 0 Å². The predicted molar refractivity (Wildman–Crippen MR) is 154 cm³/mol. The molecule has 4 aromatic rings. The third-order valence-electron chi connectivity index (χ3n) is 7.46. The molecule has 0 amide bonds. The number of sulfonamides is 1. The van der Waals surface area contributed by atoms with Crippen molar-refractivity contribution in [1.29, 1.82) is 0 Å². The van der Waals surface area contributed by atoms with E-state index < -0.39 is 21.9 Å². The zero-order valence-corrected chi connectivity index (χ0v) is 24.7. The number of hydrogen-bond acceptors (Lipinski definition) is 9. The number of rotatable bonds is 7. The molecule has 0 fully saturated rings. The van der Waals surface area contributed by atoms with Crippen LogP contribution in [0.3, 0.4) is 0 Å². The van der Waals surface area contributed by atoms with E-state index in [1.54, 1.807) is 16.8 Å². The molecule has 1 aliphatic heterocycles. The number of pyridine rings is 2. The standard InChI is InChI=1S/C29H34N6O6S/c1-4-35-25-11-9-21(20(3)28(25)32-33-35)22(17-27(36)37)23-10-8-19(2)24(31-23)18-34-13-6-14-40-15-16-41-29-26(42(34,38)39)7-5-12-30-29/h5,7-12,22H,4,6,13-18H2,1-3H3,(H,36,37)/t22-/m0/s1. The number of fused-ring (bicyclic) bond motifs is 2. The number of carboxylic acid groups (broad SMARTS) is 1. The molecule has 0 saturated carbocycles. The lowest BCUT2D eigenvalue weighted by Crippen LogP contribution is -2.33. The van der Waals surface area contributed by atoms with Gasteiger partial charge in [-0.1, -0.05) is 17.3 Å². The molecular weight excluding hydrogens is 560 g/mol. The van der Waals surface area contributed by atoms with E-state index in [2.05, 4.69) is 15.3 Å². The number of carbonyl (C=O) groups is 1. The second kappa shape index (κ2) is 12.5. The van der Waals surface area contributed by atoms with Crippen LogP contribution in [0.2, 0.25) is 0 Å². The van der Waals surface area contributed by atoms with E-state index >= 15 is 0 Å². The fourth-order valence-electron chi connectivity index (χ4n) is 5.20. The Morgan fingerprint density at radius 3 is 2.74 bits per heavy atom. The summed E-state index contributed by atoms with van der Waals surface area (Å²) in [6.45, 7) is 7.48. The molecule has 0 saturated heterocycles. The van der Waals surface area contributed by atoms with Crippen LogP contribution in [0.4, 0.5) is 0 Å². The molecule has 5 rings (SSSR count). The Balaban J connectivity index is 1.54. The number of aryl methyl sites for hydroxylation is 3. The van der Waals surface area contributed by atoms with Crippen molar-refractivity contribution >= 4 is 27.0 Å². The number of carboxylic acids is 1. The second-order valence-corrected chi connectivity index (χ2v) is 12.1. The Bertz CT molecular complexity index is 1710. The van der Waals surface area contributed by atoms with Gasteiger partial charge in [0, 0.05) is 37.5 Å². The van der Waals surface area contributed by atoms with Gasteiger partial charge in [-0.3, -0.25) is 9.78 Å². The average Bonchev–Trinajstić information content (AvgIpc) is 3.39. The van der Waals surface area contributed by atoms with Crippen LogP contribution in [-0.2, 0) is 32.6 Å². The maximum absolute atomic E-state index is 13.9. The van der Waals surface area contributed by atoms with Crippen LogP contribution in [0.15, 0.2) is 47.5 Å². The summed E-state index contributed by atoms with van der Waals surface area (Å²) < 4.78 is 42.2. The van der Waals surface area contributed by atoms with E-state index in [-0.39, 0.29) is 36.9 Å². The minimum Gasteiger partial charge on any atom is -0.481 e. The molecule has 222 valence electrons. The lowest BCUT2D eigenvalue weighted by atomic mass is 9.88. The maximum Gasteiger partial charge on any atom is 0.304 e. The van der Waals surface area contributed by atoms with Gasteiger partial charge in [0.25, 0.3) is 0 Å². The summed E-state index contributed by atoms with van der Waals surface area (Å²) in [6, 6.07) is 10.5. The summed E-state index contributed by atoms with van der Waals surface area (Å²) in [7, 11) is -4.01. The van der Waals surface area contributed by atoms with Crippen molar-refractivity contribution in [2.45, 2.75) is 57.5 Å². The van der Waals surface area contributed by atoms with E-state index in [9.17, 15) is 18.3 Å². The van der Waals surface area contributed by atoms with Gasteiger partial charge in [0.2, 0.25) is 15.9 Å². The van der Waals surface area contributed by atoms with E-state index in [1.807, 2.05) is 39.0 Å². The Labute approximate surface area is 244 Å². The quantitative estimate of drug-likeness (QED) is 0.337. The van der Waals surface area contributed by atoms with Crippen LogP contribution in [-0.4, -0.2) is 75.1 Å². The highest BCUT2D eigenvalue weighted by Crippen LogP contribution is 2.34. The maximum atomic E-state index is 13.9. The molecule has 0 unspecified atom stereocenters. The van der Waals surface area contributed by atoms with Gasteiger partial charge in [-0.15, -0.1) is 5.10 Å². The fourth-order valence-corrected chi connectivity index (χ4v) is 6.72. The van der Waals surface area contributed by atoms with Crippen LogP contribution < -0.4 is 4.74 Å². The van der Waals surface area contributed by atoms with Crippen molar-refractivity contribution in [3.63, 3.8) is 0 Å². The van der Waals surface area contributed by atoms with E-state index in [1.165, 1.54) is 16.6 Å². The summed E-state index contributed by atoms with van der Waals surface area (Å²) in [5.74, 6) is -1.53. The first-order valence-corrected chi connectivity index (χ1v) is 15.3. The first-order chi connectivity index (χ1) is 20.2. The van der Waals surface area contributed by atoms with Crippen molar-refractivity contribution in [1.82, 2.24) is 29.3 Å². The van der Waals surface area contributed by atoms with Crippen LogP contribution in [0.5, 0.6) is 5.88 Å². The third kappa shape index (κ3) is 5.98. The Morgan fingerprint density at radius 1 is 1.12 bits per heavy atom. The topological polar surface area (TPSA) is 150 Å². The molecule has 4 heterocycles. The summed E-state index contributed by atoms with van der Waals surface area (Å²) in [5.41, 5.74) is 5.06. The normalized spacial score (nSPS) is 16.7.